The van der Waals surface area contributed by atoms with Gasteiger partial charge in [0, 0.05) is 12.8 Å². The summed E-state index contributed by atoms with van der Waals surface area (Å²) in [5, 5.41) is 5.11. The molecule has 6 nitrogen and oxygen atoms in total. The highest BCUT2D eigenvalue weighted by atomic mass is 19.1. The number of benzene rings is 1. The third-order valence-corrected chi connectivity index (χ3v) is 3.47. The molecule has 2 amide bonds. The van der Waals surface area contributed by atoms with Crippen molar-refractivity contribution >= 4 is 17.8 Å². The summed E-state index contributed by atoms with van der Waals surface area (Å²) in [5.41, 5.74) is 0.688. The van der Waals surface area contributed by atoms with E-state index in [1.165, 1.54) is 31.4 Å². The van der Waals surface area contributed by atoms with Gasteiger partial charge in [0.15, 0.2) is 0 Å². The Bertz CT molecular complexity index is 573. The molecule has 1 fully saturated rings. The average Bonchev–Trinajstić information content (AvgIpc) is 2.94. The van der Waals surface area contributed by atoms with Crippen molar-refractivity contribution in [2.75, 3.05) is 7.11 Å². The van der Waals surface area contributed by atoms with Crippen LogP contribution < -0.4 is 10.6 Å². The van der Waals surface area contributed by atoms with Crippen LogP contribution in [-0.2, 0) is 25.5 Å². The minimum absolute atomic E-state index is 0.180. The summed E-state index contributed by atoms with van der Waals surface area (Å²) in [6, 6.07) is 4.11. The minimum atomic E-state index is -0.888. The maximum absolute atomic E-state index is 12.9. The molecule has 2 atom stereocenters. The smallest absolute Gasteiger partial charge is 0.328 e. The normalized spacial score (nSPS) is 18.5. The monoisotopic (exact) mass is 308 g/mol. The number of carbonyl (C=O) groups excluding carboxylic acids is 3. The van der Waals surface area contributed by atoms with Crippen molar-refractivity contribution in [3.63, 3.8) is 0 Å². The number of rotatable bonds is 5. The number of hydrogen-bond donors (Lipinski definition) is 2. The lowest BCUT2D eigenvalue weighted by atomic mass is 10.1. The first-order valence-corrected chi connectivity index (χ1v) is 6.91. The number of halogens is 1. The summed E-state index contributed by atoms with van der Waals surface area (Å²) in [4.78, 5) is 35.0. The Balaban J connectivity index is 2.02. The second kappa shape index (κ2) is 7.02. The predicted molar refractivity (Wildman–Crippen MR) is 75.2 cm³/mol. The molecule has 118 valence electrons. The van der Waals surface area contributed by atoms with Crippen molar-refractivity contribution < 1.29 is 23.5 Å². The molecule has 2 rings (SSSR count). The molecule has 1 aromatic rings. The minimum Gasteiger partial charge on any atom is -0.467 e. The summed E-state index contributed by atoms with van der Waals surface area (Å²) >= 11 is 0. The van der Waals surface area contributed by atoms with Gasteiger partial charge in [-0.2, -0.15) is 0 Å². The molecule has 0 aliphatic carbocycles. The Morgan fingerprint density at radius 2 is 2.09 bits per heavy atom. The Labute approximate surface area is 127 Å². The summed E-state index contributed by atoms with van der Waals surface area (Å²) < 4.78 is 17.6. The van der Waals surface area contributed by atoms with Gasteiger partial charge in [0.05, 0.1) is 7.11 Å². The van der Waals surface area contributed by atoms with E-state index in [4.69, 9.17) is 0 Å². The van der Waals surface area contributed by atoms with Crippen LogP contribution in [0.2, 0.25) is 0 Å². The third kappa shape index (κ3) is 4.03. The fourth-order valence-corrected chi connectivity index (χ4v) is 2.27. The molecule has 0 unspecified atom stereocenters. The molecule has 1 saturated heterocycles. The van der Waals surface area contributed by atoms with Crippen LogP contribution in [0.4, 0.5) is 4.39 Å². The van der Waals surface area contributed by atoms with Crippen molar-refractivity contribution in [1.29, 1.82) is 0 Å². The van der Waals surface area contributed by atoms with Gasteiger partial charge in [0.2, 0.25) is 11.8 Å². The summed E-state index contributed by atoms with van der Waals surface area (Å²) in [6.07, 6.45) is 0.868. The molecule has 7 heteroatoms. The number of methoxy groups -OCH3 is 1. The molecular weight excluding hydrogens is 291 g/mol. The zero-order chi connectivity index (χ0) is 16.1. The van der Waals surface area contributed by atoms with Gasteiger partial charge in [-0.15, -0.1) is 0 Å². The SMILES string of the molecule is COC(=O)[C@@H](Cc1ccc(F)cc1)NC(=O)[C@@H]1CCC(=O)N1. The summed E-state index contributed by atoms with van der Waals surface area (Å²) in [5.74, 6) is -1.59. The van der Waals surface area contributed by atoms with E-state index in [2.05, 4.69) is 15.4 Å². The van der Waals surface area contributed by atoms with Crippen molar-refractivity contribution in [1.82, 2.24) is 10.6 Å². The summed E-state index contributed by atoms with van der Waals surface area (Å²) in [7, 11) is 1.23. The van der Waals surface area contributed by atoms with E-state index in [-0.39, 0.29) is 18.1 Å². The maximum Gasteiger partial charge on any atom is 0.328 e. The van der Waals surface area contributed by atoms with Gasteiger partial charge in [0.1, 0.15) is 17.9 Å². The van der Waals surface area contributed by atoms with Crippen molar-refractivity contribution in [2.24, 2.45) is 0 Å². The van der Waals surface area contributed by atoms with Crippen molar-refractivity contribution in [3.05, 3.63) is 35.6 Å². The van der Waals surface area contributed by atoms with E-state index >= 15 is 0 Å². The molecule has 1 heterocycles. The fourth-order valence-electron chi connectivity index (χ4n) is 2.27. The van der Waals surface area contributed by atoms with Crippen LogP contribution in [0, 0.1) is 5.82 Å². The Morgan fingerprint density at radius 3 is 2.64 bits per heavy atom. The lowest BCUT2D eigenvalue weighted by molar-refractivity contribution is -0.145. The van der Waals surface area contributed by atoms with E-state index in [1.807, 2.05) is 0 Å². The number of carbonyl (C=O) groups is 3. The van der Waals surface area contributed by atoms with Crippen LogP contribution >= 0.6 is 0 Å². The first-order valence-electron chi connectivity index (χ1n) is 6.91. The van der Waals surface area contributed by atoms with Crippen LogP contribution in [0.25, 0.3) is 0 Å². The number of amides is 2. The summed E-state index contributed by atoms with van der Waals surface area (Å²) in [6.45, 7) is 0. The van der Waals surface area contributed by atoms with E-state index in [0.717, 1.165) is 0 Å². The lowest BCUT2D eigenvalue weighted by Crippen LogP contribution is -2.49. The molecule has 2 N–H and O–H groups in total. The highest BCUT2D eigenvalue weighted by molar-refractivity contribution is 5.93. The van der Waals surface area contributed by atoms with Gasteiger partial charge < -0.3 is 15.4 Å². The second-order valence-corrected chi connectivity index (χ2v) is 5.07. The van der Waals surface area contributed by atoms with Crippen LogP contribution in [0.15, 0.2) is 24.3 Å². The lowest BCUT2D eigenvalue weighted by Gasteiger charge is -2.19. The number of esters is 1. The molecule has 0 bridgehead atoms. The topological polar surface area (TPSA) is 84.5 Å². The predicted octanol–water partition coefficient (Wildman–Crippen LogP) is 0.305. The second-order valence-electron chi connectivity index (χ2n) is 5.07. The molecule has 22 heavy (non-hydrogen) atoms. The van der Waals surface area contributed by atoms with Crippen LogP contribution in [-0.4, -0.2) is 37.0 Å². The Hall–Kier alpha value is -2.44. The molecular formula is C15H17FN2O4. The third-order valence-electron chi connectivity index (χ3n) is 3.47. The fraction of sp³-hybridized carbons (Fsp3) is 0.400. The Morgan fingerprint density at radius 1 is 1.41 bits per heavy atom. The van der Waals surface area contributed by atoms with E-state index in [9.17, 15) is 18.8 Å². The van der Waals surface area contributed by atoms with Gasteiger partial charge in [-0.05, 0) is 24.1 Å². The number of hydrogen-bond acceptors (Lipinski definition) is 4. The highest BCUT2D eigenvalue weighted by Gasteiger charge is 2.30. The molecule has 0 aromatic heterocycles. The molecule has 1 aliphatic heterocycles. The van der Waals surface area contributed by atoms with Crippen molar-refractivity contribution in [3.8, 4) is 0 Å². The van der Waals surface area contributed by atoms with Gasteiger partial charge >= 0.3 is 5.97 Å². The van der Waals surface area contributed by atoms with Gasteiger partial charge in [-0.25, -0.2) is 9.18 Å². The molecule has 1 aliphatic rings. The zero-order valence-corrected chi connectivity index (χ0v) is 12.1. The Kier molecular flexibility index (Phi) is 5.08. The number of ether oxygens (including phenoxy) is 1. The van der Waals surface area contributed by atoms with Gasteiger partial charge in [-0.1, -0.05) is 12.1 Å². The van der Waals surface area contributed by atoms with Gasteiger partial charge in [0.25, 0.3) is 0 Å². The maximum atomic E-state index is 12.9. The largest absolute Gasteiger partial charge is 0.467 e. The first-order chi connectivity index (χ1) is 10.5. The van der Waals surface area contributed by atoms with E-state index in [0.29, 0.717) is 18.4 Å². The van der Waals surface area contributed by atoms with E-state index < -0.39 is 24.0 Å². The molecule has 0 saturated carbocycles. The van der Waals surface area contributed by atoms with E-state index in [1.54, 1.807) is 0 Å². The van der Waals surface area contributed by atoms with Crippen LogP contribution in [0.1, 0.15) is 18.4 Å². The van der Waals surface area contributed by atoms with Crippen molar-refractivity contribution in [2.45, 2.75) is 31.3 Å². The average molecular weight is 308 g/mol. The zero-order valence-electron chi connectivity index (χ0n) is 12.1. The highest BCUT2D eigenvalue weighted by Crippen LogP contribution is 2.10. The van der Waals surface area contributed by atoms with Gasteiger partial charge in [-0.3, -0.25) is 9.59 Å². The first kappa shape index (κ1) is 15.9. The molecule has 0 radical (unpaired) electrons. The standard InChI is InChI=1S/C15H17FN2O4/c1-22-15(21)12(8-9-2-4-10(16)5-3-9)18-14(20)11-6-7-13(19)17-11/h2-5,11-12H,6-8H2,1H3,(H,17,19)(H,18,20)/t11-,12+/m0/s1. The molecule has 1 aromatic carbocycles. The quantitative estimate of drug-likeness (QED) is 0.767. The number of nitrogens with one attached hydrogen (secondary N) is 2. The van der Waals surface area contributed by atoms with Crippen LogP contribution in [0.5, 0.6) is 0 Å². The molecule has 0 spiro atoms. The van der Waals surface area contributed by atoms with Crippen LogP contribution in [0.3, 0.4) is 0 Å².